The van der Waals surface area contributed by atoms with Crippen molar-refractivity contribution in [3.05, 3.63) is 0 Å². The predicted octanol–water partition coefficient (Wildman–Crippen LogP) is 2.20. The lowest BCUT2D eigenvalue weighted by Crippen LogP contribution is -2.35. The lowest BCUT2D eigenvalue weighted by atomic mass is 10.0. The third kappa shape index (κ3) is 4.84. The summed E-state index contributed by atoms with van der Waals surface area (Å²) in [6.07, 6.45) is 8.31. The number of carbonyl (C=O) groups excluding carboxylic acids is 1. The Morgan fingerprint density at radius 1 is 1.12 bits per heavy atom. The summed E-state index contributed by atoms with van der Waals surface area (Å²) in [4.78, 5) is 14.2. The van der Waals surface area contributed by atoms with E-state index in [1.807, 2.05) is 0 Å². The number of hydrogen-bond donors (Lipinski definition) is 1. The summed E-state index contributed by atoms with van der Waals surface area (Å²) >= 11 is 0. The fourth-order valence-electron chi connectivity index (χ4n) is 2.76. The average molecular weight is 261 g/mol. The van der Waals surface area contributed by atoms with Crippen LogP contribution in [0, 0.1) is 5.92 Å². The molecule has 4 heteroatoms. The number of halogens is 1. The van der Waals surface area contributed by atoms with Crippen molar-refractivity contribution in [3.8, 4) is 0 Å². The molecule has 2 heterocycles. The molecule has 2 aliphatic heterocycles. The Labute approximate surface area is 111 Å². The first-order chi connectivity index (χ1) is 7.86. The molecule has 0 radical (unpaired) electrons. The van der Waals surface area contributed by atoms with Gasteiger partial charge in [0.1, 0.15) is 0 Å². The van der Waals surface area contributed by atoms with Crippen LogP contribution < -0.4 is 5.32 Å². The monoisotopic (exact) mass is 260 g/mol. The van der Waals surface area contributed by atoms with Gasteiger partial charge in [0.25, 0.3) is 0 Å². The maximum atomic E-state index is 12.1. The molecule has 100 valence electrons. The summed E-state index contributed by atoms with van der Waals surface area (Å²) in [5, 5.41) is 3.33. The predicted molar refractivity (Wildman–Crippen MR) is 72.5 cm³/mol. The molecular weight excluding hydrogens is 236 g/mol. The van der Waals surface area contributed by atoms with Gasteiger partial charge in [0.2, 0.25) is 5.91 Å². The number of amides is 1. The van der Waals surface area contributed by atoms with Crippen LogP contribution in [0.5, 0.6) is 0 Å². The average Bonchev–Trinajstić information content (AvgIpc) is 2.69. The van der Waals surface area contributed by atoms with Crippen molar-refractivity contribution in [2.45, 2.75) is 44.9 Å². The number of rotatable bonds is 2. The molecule has 1 unspecified atom stereocenters. The maximum Gasteiger partial charge on any atom is 0.222 e. The van der Waals surface area contributed by atoms with Gasteiger partial charge in [-0.15, -0.1) is 12.4 Å². The molecule has 2 aliphatic rings. The van der Waals surface area contributed by atoms with E-state index < -0.39 is 0 Å². The molecule has 0 saturated carbocycles. The Morgan fingerprint density at radius 2 is 1.76 bits per heavy atom. The topological polar surface area (TPSA) is 32.3 Å². The molecule has 0 spiro atoms. The second kappa shape index (κ2) is 7.93. The standard InChI is InChI=1S/C13H24N2O.ClH/c16-13(10-12-6-7-14-11-12)15-8-4-2-1-3-5-9-15;/h12,14H,1-11H2;1H. The van der Waals surface area contributed by atoms with Gasteiger partial charge >= 0.3 is 0 Å². The first-order valence-corrected chi connectivity index (χ1v) is 6.85. The molecular formula is C13H25ClN2O. The first kappa shape index (κ1) is 14.8. The van der Waals surface area contributed by atoms with Crippen LogP contribution in [0.3, 0.4) is 0 Å². The number of likely N-dealkylation sites (tertiary alicyclic amines) is 1. The van der Waals surface area contributed by atoms with Crippen molar-refractivity contribution in [2.24, 2.45) is 5.92 Å². The normalized spacial score (nSPS) is 25.9. The SMILES string of the molecule is Cl.O=C(CC1CCNC1)N1CCCCCCC1. The third-order valence-electron chi connectivity index (χ3n) is 3.83. The minimum atomic E-state index is 0. The van der Waals surface area contributed by atoms with Crippen LogP contribution in [0.25, 0.3) is 0 Å². The van der Waals surface area contributed by atoms with Crippen LogP contribution in [0.1, 0.15) is 44.9 Å². The Bertz CT molecular complexity index is 221. The zero-order valence-corrected chi connectivity index (χ0v) is 11.4. The smallest absolute Gasteiger partial charge is 0.222 e. The van der Waals surface area contributed by atoms with Gasteiger partial charge in [0.15, 0.2) is 0 Å². The minimum Gasteiger partial charge on any atom is -0.343 e. The summed E-state index contributed by atoms with van der Waals surface area (Å²) in [5.41, 5.74) is 0. The van der Waals surface area contributed by atoms with Crippen LogP contribution in [0.2, 0.25) is 0 Å². The largest absolute Gasteiger partial charge is 0.343 e. The van der Waals surface area contributed by atoms with Gasteiger partial charge in [-0.3, -0.25) is 4.79 Å². The van der Waals surface area contributed by atoms with Crippen molar-refractivity contribution in [1.29, 1.82) is 0 Å². The minimum absolute atomic E-state index is 0. The lowest BCUT2D eigenvalue weighted by molar-refractivity contribution is -0.132. The Balaban J connectivity index is 0.00000144. The van der Waals surface area contributed by atoms with Gasteiger partial charge in [-0.1, -0.05) is 19.3 Å². The number of nitrogens with zero attached hydrogens (tertiary/aromatic N) is 1. The second-order valence-corrected chi connectivity index (χ2v) is 5.21. The van der Waals surface area contributed by atoms with E-state index in [-0.39, 0.29) is 12.4 Å². The van der Waals surface area contributed by atoms with E-state index >= 15 is 0 Å². The molecule has 2 saturated heterocycles. The molecule has 3 nitrogen and oxygen atoms in total. The highest BCUT2D eigenvalue weighted by atomic mass is 35.5. The fourth-order valence-corrected chi connectivity index (χ4v) is 2.76. The van der Waals surface area contributed by atoms with E-state index in [9.17, 15) is 4.79 Å². The van der Waals surface area contributed by atoms with Gasteiger partial charge in [0, 0.05) is 19.5 Å². The van der Waals surface area contributed by atoms with Crippen molar-refractivity contribution in [2.75, 3.05) is 26.2 Å². The fraction of sp³-hybridized carbons (Fsp3) is 0.923. The summed E-state index contributed by atoms with van der Waals surface area (Å²) in [6, 6.07) is 0. The van der Waals surface area contributed by atoms with Crippen molar-refractivity contribution < 1.29 is 4.79 Å². The zero-order chi connectivity index (χ0) is 11.2. The number of nitrogens with one attached hydrogen (secondary N) is 1. The second-order valence-electron chi connectivity index (χ2n) is 5.21. The maximum absolute atomic E-state index is 12.1. The Hall–Kier alpha value is -0.280. The highest BCUT2D eigenvalue weighted by molar-refractivity contribution is 5.85. The lowest BCUT2D eigenvalue weighted by Gasteiger charge is -2.25. The van der Waals surface area contributed by atoms with Gasteiger partial charge < -0.3 is 10.2 Å². The molecule has 0 bridgehead atoms. The highest BCUT2D eigenvalue weighted by Gasteiger charge is 2.21. The van der Waals surface area contributed by atoms with Gasteiger partial charge in [-0.2, -0.15) is 0 Å². The van der Waals surface area contributed by atoms with Crippen LogP contribution in [-0.2, 0) is 4.79 Å². The van der Waals surface area contributed by atoms with Crippen molar-refractivity contribution in [1.82, 2.24) is 10.2 Å². The number of hydrogen-bond acceptors (Lipinski definition) is 2. The third-order valence-corrected chi connectivity index (χ3v) is 3.83. The molecule has 1 amide bonds. The molecule has 0 aromatic rings. The summed E-state index contributed by atoms with van der Waals surface area (Å²) in [6.45, 7) is 4.13. The van der Waals surface area contributed by atoms with Gasteiger partial charge in [-0.05, 0) is 38.3 Å². The summed E-state index contributed by atoms with van der Waals surface area (Å²) in [5.74, 6) is 0.994. The molecule has 2 rings (SSSR count). The summed E-state index contributed by atoms with van der Waals surface area (Å²) in [7, 11) is 0. The summed E-state index contributed by atoms with van der Waals surface area (Å²) < 4.78 is 0. The Morgan fingerprint density at radius 3 is 2.35 bits per heavy atom. The molecule has 0 aliphatic carbocycles. The number of carbonyl (C=O) groups is 1. The van der Waals surface area contributed by atoms with E-state index in [4.69, 9.17) is 0 Å². The Kier molecular flexibility index (Phi) is 6.90. The molecule has 1 N–H and O–H groups in total. The van der Waals surface area contributed by atoms with Crippen molar-refractivity contribution in [3.63, 3.8) is 0 Å². The molecule has 17 heavy (non-hydrogen) atoms. The first-order valence-electron chi connectivity index (χ1n) is 6.85. The zero-order valence-electron chi connectivity index (χ0n) is 10.6. The van der Waals surface area contributed by atoms with Crippen LogP contribution in [0.4, 0.5) is 0 Å². The molecule has 2 fully saturated rings. The van der Waals surface area contributed by atoms with Crippen molar-refractivity contribution >= 4 is 18.3 Å². The van der Waals surface area contributed by atoms with Crippen LogP contribution >= 0.6 is 12.4 Å². The van der Waals surface area contributed by atoms with Crippen LogP contribution in [-0.4, -0.2) is 37.0 Å². The van der Waals surface area contributed by atoms with E-state index in [0.717, 1.165) is 32.6 Å². The van der Waals surface area contributed by atoms with Crippen LogP contribution in [0.15, 0.2) is 0 Å². The van der Waals surface area contributed by atoms with E-state index in [1.165, 1.54) is 38.5 Å². The molecule has 0 aromatic carbocycles. The molecule has 0 aromatic heterocycles. The quantitative estimate of drug-likeness (QED) is 0.826. The van der Waals surface area contributed by atoms with E-state index in [2.05, 4.69) is 10.2 Å². The molecule has 1 atom stereocenters. The van der Waals surface area contributed by atoms with Gasteiger partial charge in [-0.25, -0.2) is 0 Å². The van der Waals surface area contributed by atoms with E-state index in [0.29, 0.717) is 11.8 Å². The highest BCUT2D eigenvalue weighted by Crippen LogP contribution is 2.16. The van der Waals surface area contributed by atoms with E-state index in [1.54, 1.807) is 0 Å². The van der Waals surface area contributed by atoms with Gasteiger partial charge in [0.05, 0.1) is 0 Å².